The van der Waals surface area contributed by atoms with Gasteiger partial charge in [-0.25, -0.2) is 4.39 Å². The van der Waals surface area contributed by atoms with E-state index in [0.717, 1.165) is 0 Å². The Morgan fingerprint density at radius 3 is 2.08 bits per heavy atom. The lowest BCUT2D eigenvalue weighted by atomic mass is 10.2. The van der Waals surface area contributed by atoms with E-state index < -0.39 is 12.7 Å². The molecule has 1 aromatic rings. The summed E-state index contributed by atoms with van der Waals surface area (Å²) < 4.78 is 50.4. The molecule has 1 unspecified atom stereocenters. The summed E-state index contributed by atoms with van der Waals surface area (Å²) in [6.45, 7) is 0. The zero-order chi connectivity index (χ0) is 9.90. The number of ether oxygens (including phenoxy) is 1. The molecule has 0 aromatic heterocycles. The van der Waals surface area contributed by atoms with Crippen molar-refractivity contribution in [3.63, 3.8) is 0 Å². The average Bonchev–Trinajstić information content (AvgIpc) is 2.03. The zero-order valence-electron chi connectivity index (χ0n) is 6.38. The molecule has 0 bridgehead atoms. The normalized spacial score (nSPS) is 14.2. The van der Waals surface area contributed by atoms with Crippen LogP contribution >= 0.6 is 0 Å². The van der Waals surface area contributed by atoms with Gasteiger partial charge in [-0.1, -0.05) is 30.3 Å². The van der Waals surface area contributed by atoms with Crippen LogP contribution in [0.3, 0.4) is 0 Å². The largest absolute Gasteiger partial charge is 0.525 e. The van der Waals surface area contributed by atoms with Gasteiger partial charge in [0.2, 0.25) is 6.36 Å². The van der Waals surface area contributed by atoms with Gasteiger partial charge in [-0.2, -0.15) is 0 Å². The van der Waals surface area contributed by atoms with E-state index in [-0.39, 0.29) is 5.56 Å². The highest BCUT2D eigenvalue weighted by molar-refractivity contribution is 5.15. The molecule has 5 heteroatoms. The van der Waals surface area contributed by atoms with Crippen LogP contribution in [-0.2, 0) is 4.74 Å². The number of hydrogen-bond donors (Lipinski definition) is 0. The van der Waals surface area contributed by atoms with Crippen LogP contribution in [0.5, 0.6) is 0 Å². The van der Waals surface area contributed by atoms with Gasteiger partial charge in [0.1, 0.15) is 0 Å². The van der Waals surface area contributed by atoms with E-state index in [0.29, 0.717) is 0 Å². The highest BCUT2D eigenvalue weighted by Crippen LogP contribution is 2.28. The van der Waals surface area contributed by atoms with Crippen molar-refractivity contribution in [2.45, 2.75) is 12.7 Å². The van der Waals surface area contributed by atoms with Crippen molar-refractivity contribution in [1.82, 2.24) is 0 Å². The highest BCUT2D eigenvalue weighted by atomic mass is 19.4. The molecule has 0 heterocycles. The van der Waals surface area contributed by atoms with E-state index in [1.54, 1.807) is 6.07 Å². The van der Waals surface area contributed by atoms with Crippen molar-refractivity contribution in [1.29, 1.82) is 0 Å². The van der Waals surface area contributed by atoms with E-state index in [4.69, 9.17) is 0 Å². The minimum Gasteiger partial charge on any atom is -0.253 e. The van der Waals surface area contributed by atoms with Gasteiger partial charge in [-0.05, 0) is 0 Å². The van der Waals surface area contributed by atoms with Crippen LogP contribution in [0.15, 0.2) is 30.3 Å². The summed E-state index contributed by atoms with van der Waals surface area (Å²) in [4.78, 5) is 0. The monoisotopic (exact) mass is 194 g/mol. The number of halogens is 4. The third kappa shape index (κ3) is 3.42. The molecular formula is C8H6F4O. The Bertz CT molecular complexity index is 257. The van der Waals surface area contributed by atoms with Gasteiger partial charge in [0.05, 0.1) is 0 Å². The third-order valence-corrected chi connectivity index (χ3v) is 1.30. The first-order valence-electron chi connectivity index (χ1n) is 3.42. The molecule has 1 rings (SSSR count). The molecule has 0 amide bonds. The Morgan fingerprint density at radius 1 is 1.08 bits per heavy atom. The highest BCUT2D eigenvalue weighted by Gasteiger charge is 2.34. The number of rotatable bonds is 2. The molecule has 0 N–H and O–H groups in total. The van der Waals surface area contributed by atoms with E-state index in [1.165, 1.54) is 24.3 Å². The lowest BCUT2D eigenvalue weighted by Crippen LogP contribution is -2.15. The predicted molar refractivity (Wildman–Crippen MR) is 37.4 cm³/mol. The molecular weight excluding hydrogens is 188 g/mol. The van der Waals surface area contributed by atoms with Crippen LogP contribution in [0.1, 0.15) is 11.9 Å². The molecule has 0 aliphatic rings. The molecule has 1 nitrogen and oxygen atoms in total. The van der Waals surface area contributed by atoms with Crippen LogP contribution in [0.4, 0.5) is 17.6 Å². The lowest BCUT2D eigenvalue weighted by Gasteiger charge is -2.11. The molecule has 1 atom stereocenters. The summed E-state index contributed by atoms with van der Waals surface area (Å²) in [7, 11) is 0. The second kappa shape index (κ2) is 3.74. The van der Waals surface area contributed by atoms with Gasteiger partial charge in [0, 0.05) is 5.56 Å². The van der Waals surface area contributed by atoms with Gasteiger partial charge >= 0.3 is 6.36 Å². The molecule has 72 valence electrons. The molecule has 0 radical (unpaired) electrons. The van der Waals surface area contributed by atoms with Crippen LogP contribution in [0.25, 0.3) is 0 Å². The maximum absolute atomic E-state index is 12.7. The first-order chi connectivity index (χ1) is 5.99. The van der Waals surface area contributed by atoms with Crippen molar-refractivity contribution in [3.8, 4) is 0 Å². The SMILES string of the molecule is FC(OC(F)(F)F)c1ccccc1. The topological polar surface area (TPSA) is 9.23 Å². The van der Waals surface area contributed by atoms with Gasteiger partial charge in [0.25, 0.3) is 0 Å². The molecule has 1 aromatic carbocycles. The van der Waals surface area contributed by atoms with E-state index in [9.17, 15) is 17.6 Å². The van der Waals surface area contributed by atoms with Crippen molar-refractivity contribution in [2.24, 2.45) is 0 Å². The smallest absolute Gasteiger partial charge is 0.253 e. The standard InChI is InChI=1S/C8H6F4O/c9-7(13-8(10,11)12)6-4-2-1-3-5-6/h1-5,7H. The summed E-state index contributed by atoms with van der Waals surface area (Å²) in [6, 6.07) is 6.87. The summed E-state index contributed by atoms with van der Waals surface area (Å²) >= 11 is 0. The third-order valence-electron chi connectivity index (χ3n) is 1.30. The number of alkyl halides is 4. The lowest BCUT2D eigenvalue weighted by molar-refractivity contribution is -0.363. The average molecular weight is 194 g/mol. The van der Waals surface area contributed by atoms with E-state index >= 15 is 0 Å². The number of hydrogen-bond acceptors (Lipinski definition) is 1. The molecule has 13 heavy (non-hydrogen) atoms. The molecule has 0 aliphatic heterocycles. The summed E-state index contributed by atoms with van der Waals surface area (Å²) in [6.07, 6.45) is -7.41. The minimum absolute atomic E-state index is 0.153. The first kappa shape index (κ1) is 9.98. The second-order valence-electron chi connectivity index (χ2n) is 2.29. The van der Waals surface area contributed by atoms with Crippen molar-refractivity contribution < 1.29 is 22.3 Å². The Morgan fingerprint density at radius 2 is 1.62 bits per heavy atom. The maximum Gasteiger partial charge on any atom is 0.525 e. The molecule has 0 saturated carbocycles. The van der Waals surface area contributed by atoms with E-state index in [2.05, 4.69) is 4.74 Å². The second-order valence-corrected chi connectivity index (χ2v) is 2.29. The maximum atomic E-state index is 12.7. The Hall–Kier alpha value is -1.10. The zero-order valence-corrected chi connectivity index (χ0v) is 6.38. The summed E-state index contributed by atoms with van der Waals surface area (Å²) in [5.41, 5.74) is -0.153. The quantitative estimate of drug-likeness (QED) is 0.657. The fourth-order valence-electron chi connectivity index (χ4n) is 0.790. The van der Waals surface area contributed by atoms with Crippen molar-refractivity contribution in [2.75, 3.05) is 0 Å². The fraction of sp³-hybridized carbons (Fsp3) is 0.250. The van der Waals surface area contributed by atoms with E-state index in [1.807, 2.05) is 0 Å². The molecule has 0 aliphatic carbocycles. The van der Waals surface area contributed by atoms with Crippen LogP contribution in [0, 0.1) is 0 Å². The van der Waals surface area contributed by atoms with Gasteiger partial charge in [-0.15, -0.1) is 13.2 Å². The van der Waals surface area contributed by atoms with Gasteiger partial charge in [-0.3, -0.25) is 4.74 Å². The first-order valence-corrected chi connectivity index (χ1v) is 3.42. The summed E-state index contributed by atoms with van der Waals surface area (Å²) in [5, 5.41) is 0. The molecule has 0 spiro atoms. The summed E-state index contributed by atoms with van der Waals surface area (Å²) in [5.74, 6) is 0. The number of benzene rings is 1. The molecule has 0 saturated heterocycles. The minimum atomic E-state index is -4.95. The van der Waals surface area contributed by atoms with Crippen LogP contribution in [0.2, 0.25) is 0 Å². The molecule has 0 fully saturated rings. The predicted octanol–water partition coefficient (Wildman–Crippen LogP) is 3.19. The Balaban J connectivity index is 2.64. The van der Waals surface area contributed by atoms with Gasteiger partial charge in [0.15, 0.2) is 0 Å². The Kier molecular flexibility index (Phi) is 2.87. The Labute approximate surface area is 71.9 Å². The fourth-order valence-corrected chi connectivity index (χ4v) is 0.790. The van der Waals surface area contributed by atoms with Gasteiger partial charge < -0.3 is 0 Å². The van der Waals surface area contributed by atoms with Crippen molar-refractivity contribution >= 4 is 0 Å². The van der Waals surface area contributed by atoms with Crippen LogP contribution in [-0.4, -0.2) is 6.36 Å². The van der Waals surface area contributed by atoms with Crippen LogP contribution < -0.4 is 0 Å². The van der Waals surface area contributed by atoms with Crippen molar-refractivity contribution in [3.05, 3.63) is 35.9 Å².